The quantitative estimate of drug-likeness (QED) is 0.0927. The van der Waals surface area contributed by atoms with E-state index >= 15 is 4.39 Å². The van der Waals surface area contributed by atoms with E-state index in [1.807, 2.05) is 69.6 Å². The molecule has 442 valence electrons. The van der Waals surface area contributed by atoms with E-state index in [-0.39, 0.29) is 58.3 Å². The monoisotopic (exact) mass is 1160 g/mol. The fourth-order valence-corrected chi connectivity index (χ4v) is 14.4. The number of phenolic OH excluding ortho intramolecular Hbond substituents is 1. The molecule has 6 unspecified atom stereocenters. The largest absolute Gasteiger partial charge is 0.508 e. The first kappa shape index (κ1) is 57.0. The van der Waals surface area contributed by atoms with Gasteiger partial charge in [-0.25, -0.2) is 14.2 Å². The van der Waals surface area contributed by atoms with Crippen LogP contribution in [0.25, 0.3) is 43.4 Å². The van der Waals surface area contributed by atoms with Crippen molar-refractivity contribution in [1.29, 1.82) is 0 Å². The molecule has 84 heavy (non-hydrogen) atoms. The van der Waals surface area contributed by atoms with Crippen molar-refractivity contribution in [3.63, 3.8) is 0 Å². The van der Waals surface area contributed by atoms with Crippen LogP contribution in [0.5, 0.6) is 11.8 Å². The van der Waals surface area contributed by atoms with E-state index in [4.69, 9.17) is 14.0 Å². The number of phenols is 1. The number of methoxy groups -OCH3 is 1. The summed E-state index contributed by atoms with van der Waals surface area (Å²) in [4.78, 5) is 69.4. The van der Waals surface area contributed by atoms with Gasteiger partial charge < -0.3 is 54.2 Å². The highest BCUT2D eigenvalue weighted by Gasteiger charge is 2.55. The maximum atomic E-state index is 16.2. The molecule has 21 heteroatoms. The second-order valence-corrected chi connectivity index (χ2v) is 25.2. The number of benzene rings is 3. The fourth-order valence-electron chi connectivity index (χ4n) is 13.6. The van der Waals surface area contributed by atoms with E-state index in [1.54, 1.807) is 39.5 Å². The number of anilines is 2. The highest BCUT2D eigenvalue weighted by atomic mass is 32.1. The van der Waals surface area contributed by atoms with Gasteiger partial charge in [-0.15, -0.1) is 11.3 Å². The number of carbonyl (C=O) groups excluding carboxylic acids is 3. The van der Waals surface area contributed by atoms with Gasteiger partial charge in [0.05, 0.1) is 34.6 Å². The van der Waals surface area contributed by atoms with Gasteiger partial charge in [0.2, 0.25) is 11.8 Å². The Labute approximate surface area is 492 Å². The number of thiazole rings is 1. The van der Waals surface area contributed by atoms with E-state index in [1.165, 1.54) is 7.11 Å². The molecule has 7 aromatic rings. The number of carbonyl (C=O) groups is 3. The summed E-state index contributed by atoms with van der Waals surface area (Å²) in [5, 5.41) is 23.8. The van der Waals surface area contributed by atoms with Gasteiger partial charge in [0.15, 0.2) is 17.4 Å². The Bertz CT molecular complexity index is 3570. The van der Waals surface area contributed by atoms with Crippen LogP contribution in [0.15, 0.2) is 76.9 Å². The molecule has 1 spiro atoms. The lowest BCUT2D eigenvalue weighted by Crippen LogP contribution is -2.73. The molecule has 3 N–H and O–H groups in total. The molecule has 0 radical (unpaired) electrons. The van der Waals surface area contributed by atoms with Gasteiger partial charge in [-0.05, 0) is 118 Å². The van der Waals surface area contributed by atoms with Gasteiger partial charge >= 0.3 is 12.1 Å². The number of hydrogen-bond acceptors (Lipinski definition) is 17. The summed E-state index contributed by atoms with van der Waals surface area (Å²) in [5.41, 5.74) is 6.95. The molecule has 19 nitrogen and oxygen atoms in total. The molecule has 10 heterocycles. The minimum Gasteiger partial charge on any atom is -0.508 e. The number of likely N-dealkylation sites (tertiary alicyclic amines) is 3. The average molecular weight is 1160 g/mol. The van der Waals surface area contributed by atoms with Crippen LogP contribution in [-0.4, -0.2) is 160 Å². The van der Waals surface area contributed by atoms with E-state index < -0.39 is 17.8 Å². The number of nitrogens with zero attached hydrogens (tertiary/aromatic N) is 10. The minimum absolute atomic E-state index is 0.0471. The van der Waals surface area contributed by atoms with Crippen LogP contribution in [0.2, 0.25) is 0 Å². The van der Waals surface area contributed by atoms with Crippen LogP contribution < -0.4 is 25.2 Å². The Kier molecular flexibility index (Phi) is 15.9. The third kappa shape index (κ3) is 11.1. The van der Waals surface area contributed by atoms with Gasteiger partial charge in [0.25, 0.3) is 0 Å². The second-order valence-electron chi connectivity index (χ2n) is 24.3. The van der Waals surface area contributed by atoms with Crippen LogP contribution >= 0.6 is 11.3 Å². The average Bonchev–Trinajstić information content (AvgIpc) is 3.72. The first-order valence-electron chi connectivity index (χ1n) is 29.7. The van der Waals surface area contributed by atoms with Crippen LogP contribution in [0.1, 0.15) is 101 Å². The Morgan fingerprint density at radius 2 is 1.70 bits per heavy atom. The van der Waals surface area contributed by atoms with Gasteiger partial charge in [0, 0.05) is 87.2 Å². The van der Waals surface area contributed by atoms with Crippen LogP contribution in [0.4, 0.5) is 20.8 Å². The third-order valence-corrected chi connectivity index (χ3v) is 19.1. The van der Waals surface area contributed by atoms with Crippen LogP contribution in [-0.2, 0) is 20.7 Å². The van der Waals surface area contributed by atoms with Gasteiger partial charge in [-0.3, -0.25) is 14.6 Å². The van der Waals surface area contributed by atoms with Crippen molar-refractivity contribution in [2.24, 2.45) is 11.3 Å². The number of aryl methyl sites for hydroxylation is 2. The number of rotatable bonds is 14. The molecule has 6 saturated heterocycles. The Morgan fingerprint density at radius 3 is 2.39 bits per heavy atom. The zero-order valence-electron chi connectivity index (χ0n) is 48.9. The molecular weight excluding hydrogens is 1090 g/mol. The molecule has 6 aliphatic rings. The summed E-state index contributed by atoms with van der Waals surface area (Å²) in [5.74, 6) is 0.551. The molecule has 3 aromatic carbocycles. The topological polar surface area (TPSA) is 208 Å². The smallest absolute Gasteiger partial charge is 0.409 e. The molecule has 0 aliphatic carbocycles. The van der Waals surface area contributed by atoms with Crippen LogP contribution in [0.3, 0.4) is 0 Å². The lowest BCUT2D eigenvalue weighted by atomic mass is 9.73. The Morgan fingerprint density at radius 1 is 0.940 bits per heavy atom. The highest BCUT2D eigenvalue weighted by Crippen LogP contribution is 2.44. The van der Waals surface area contributed by atoms with Gasteiger partial charge in [0.1, 0.15) is 41.3 Å². The number of halogens is 1. The van der Waals surface area contributed by atoms with Crippen molar-refractivity contribution in [2.45, 2.75) is 116 Å². The molecule has 3 amide bonds. The number of aromatic nitrogens is 5. The third-order valence-electron chi connectivity index (χ3n) is 18.2. The van der Waals surface area contributed by atoms with Crippen molar-refractivity contribution in [2.75, 3.05) is 82.9 Å². The van der Waals surface area contributed by atoms with Crippen molar-refractivity contribution in [1.82, 2.24) is 50.4 Å². The number of nitrogens with one attached hydrogen (secondary N) is 2. The first-order chi connectivity index (χ1) is 40.6. The molecule has 6 aliphatic heterocycles. The molecule has 0 saturated carbocycles. The molecular formula is C63H75FN12O7S. The number of amides is 3. The fraction of sp³-hybridized carbons (Fsp3) is 0.492. The van der Waals surface area contributed by atoms with Gasteiger partial charge in [-0.1, -0.05) is 68.4 Å². The number of aromatic hydroxyl groups is 1. The number of ether oxygens (including phenoxy) is 2. The summed E-state index contributed by atoms with van der Waals surface area (Å²) >= 11 is 1.62. The number of fused-ring (bicyclic) bond motifs is 4. The summed E-state index contributed by atoms with van der Waals surface area (Å²) < 4.78 is 33.0. The van der Waals surface area contributed by atoms with E-state index in [2.05, 4.69) is 76.5 Å². The predicted molar refractivity (Wildman–Crippen MR) is 321 cm³/mol. The van der Waals surface area contributed by atoms with Crippen molar-refractivity contribution < 1.29 is 37.9 Å². The standard InChI is InChI=1S/C37H49N7O5S.C26H26FN5O2/c1-23(2)32(30-16-31(40-49-30)42-18-37(19-42)20-43(21-37)36(47)48-17-28-8-6-14-41(28)5)35(46)44-15-7-9-29(44)34(45)39-24(3)26-10-12-27(13-11-26)33-25(4)38-22-50-33;1-3-14-5-4-6-15-9-18(33)10-19(21(14)15)23-22(27)24-20(11-28-23)25(31-26(30-24)34-2)32-12-16-7-8-17(13-32)29-16/h10-13,16,22-24,28-29,32H,6-9,14-15,17-21H2,1-5H3,(H,39,45);4-6,9-11,16-17,29,33H,3,7-8,12-13H2,1-2H3. The summed E-state index contributed by atoms with van der Waals surface area (Å²) in [6.07, 6.45) is 8.07. The lowest BCUT2D eigenvalue weighted by molar-refractivity contribution is -0.141. The minimum atomic E-state index is -0.548. The number of hydrogen-bond donors (Lipinski definition) is 3. The SMILES string of the molecule is CCc1cccc2cc(O)cc(-c3ncc4c(N5CC6CCC(C5)N6)nc(OC)nc4c3F)c12.Cc1ncsc1-c1ccc(C(C)NC(=O)C2CCCN2C(=O)C(c2cc(N3CC4(CN(C(=O)OCC5CCCN5C)C4)C3)no2)C(C)C)cc1. The molecule has 2 bridgehead atoms. The van der Waals surface area contributed by atoms with Crippen molar-refractivity contribution in [3.05, 3.63) is 101 Å². The molecule has 13 rings (SSSR count). The van der Waals surface area contributed by atoms with Crippen LogP contribution in [0, 0.1) is 24.1 Å². The molecule has 6 atom stereocenters. The van der Waals surface area contributed by atoms with E-state index in [0.29, 0.717) is 79.1 Å². The van der Waals surface area contributed by atoms with E-state index in [0.717, 1.165) is 109 Å². The number of likely N-dealkylation sites (N-methyl/N-ethyl adjacent to an activating group) is 1. The second kappa shape index (κ2) is 23.5. The zero-order valence-corrected chi connectivity index (χ0v) is 49.8. The number of piperazine rings is 1. The Balaban J connectivity index is 0.000000177. The molecule has 6 fully saturated rings. The lowest BCUT2D eigenvalue weighted by Gasteiger charge is -2.59. The maximum absolute atomic E-state index is 16.2. The highest BCUT2D eigenvalue weighted by molar-refractivity contribution is 7.13. The van der Waals surface area contributed by atoms with Crippen molar-refractivity contribution in [3.8, 4) is 33.5 Å². The normalized spacial score (nSPS) is 21.6. The van der Waals surface area contributed by atoms with Crippen molar-refractivity contribution >= 4 is 62.6 Å². The summed E-state index contributed by atoms with van der Waals surface area (Å²) in [6.45, 7) is 16.6. The predicted octanol–water partition coefficient (Wildman–Crippen LogP) is 9.27. The summed E-state index contributed by atoms with van der Waals surface area (Å²) in [7, 11) is 3.57. The molecule has 4 aromatic heterocycles. The van der Waals surface area contributed by atoms with E-state index in [9.17, 15) is 19.5 Å². The van der Waals surface area contributed by atoms with Gasteiger partial charge in [-0.2, -0.15) is 9.97 Å². The summed E-state index contributed by atoms with van der Waals surface area (Å²) in [6, 6.07) is 19.7. The number of pyridine rings is 1. The Hall–Kier alpha value is -7.49. The maximum Gasteiger partial charge on any atom is 0.409 e. The first-order valence-corrected chi connectivity index (χ1v) is 30.6. The zero-order chi connectivity index (χ0) is 58.6.